The molecule has 1 aromatic heterocycles. The number of hydrogen-bond donors (Lipinski definition) is 0. The van der Waals surface area contributed by atoms with Gasteiger partial charge in [0, 0.05) is 6.92 Å². The molecular weight excluding hydrogens is 114 g/mol. The average molecular weight is 124 g/mol. The normalized spacial score (nSPS) is 10.0. The molecule has 1 rings (SSSR count). The van der Waals surface area contributed by atoms with E-state index in [9.17, 15) is 0 Å². The fourth-order valence-corrected chi connectivity index (χ4v) is 0.720. The van der Waals surface area contributed by atoms with E-state index in [0.717, 1.165) is 18.5 Å². The first-order chi connectivity index (χ1) is 4.33. The fraction of sp³-hybridized carbons (Fsp3) is 0.429. The molecule has 2 heteroatoms. The lowest BCUT2D eigenvalue weighted by Gasteiger charge is -1.83. The van der Waals surface area contributed by atoms with Crippen molar-refractivity contribution in [2.75, 3.05) is 0 Å². The molecule has 0 bridgehead atoms. The highest BCUT2D eigenvalue weighted by atomic mass is 16.3. The number of hydrogen-bond acceptors (Lipinski definition) is 2. The Kier molecular flexibility index (Phi) is 1.88. The van der Waals surface area contributed by atoms with Crippen LogP contribution in [0.25, 0.3) is 0 Å². The Morgan fingerprint density at radius 3 is 3.00 bits per heavy atom. The van der Waals surface area contributed by atoms with E-state index in [1.54, 1.807) is 6.26 Å². The largest absolute Gasteiger partial charge is 0.449 e. The predicted molar refractivity (Wildman–Crippen MR) is 35.0 cm³/mol. The Morgan fingerprint density at radius 2 is 2.56 bits per heavy atom. The molecule has 1 heterocycles. The van der Waals surface area contributed by atoms with Gasteiger partial charge in [0.05, 0.1) is 5.69 Å². The van der Waals surface area contributed by atoms with E-state index in [2.05, 4.69) is 18.8 Å². The van der Waals surface area contributed by atoms with Gasteiger partial charge in [-0.15, -0.1) is 0 Å². The third kappa shape index (κ3) is 1.56. The van der Waals surface area contributed by atoms with Gasteiger partial charge in [-0.05, 0) is 6.42 Å². The van der Waals surface area contributed by atoms with E-state index in [1.165, 1.54) is 0 Å². The summed E-state index contributed by atoms with van der Waals surface area (Å²) in [6.07, 6.45) is 3.75. The first kappa shape index (κ1) is 6.33. The highest BCUT2D eigenvalue weighted by Crippen LogP contribution is 2.01. The van der Waals surface area contributed by atoms with Crippen LogP contribution in [-0.4, -0.2) is 4.98 Å². The second kappa shape index (κ2) is 2.67. The zero-order valence-electron chi connectivity index (χ0n) is 5.55. The van der Waals surface area contributed by atoms with Crippen LogP contribution in [0.1, 0.15) is 24.9 Å². The molecule has 0 saturated carbocycles. The molecule has 0 fully saturated rings. The van der Waals surface area contributed by atoms with Crippen molar-refractivity contribution in [3.05, 3.63) is 24.8 Å². The fourth-order valence-electron chi connectivity index (χ4n) is 0.720. The lowest BCUT2D eigenvalue weighted by Crippen LogP contribution is -1.81. The van der Waals surface area contributed by atoms with Gasteiger partial charge in [0.15, 0.2) is 5.89 Å². The van der Waals surface area contributed by atoms with Crippen LogP contribution < -0.4 is 0 Å². The number of aryl methyl sites for hydroxylation is 1. The van der Waals surface area contributed by atoms with Crippen molar-refractivity contribution in [2.24, 2.45) is 0 Å². The maximum absolute atomic E-state index is 4.89. The highest BCUT2D eigenvalue weighted by Gasteiger charge is 1.95. The van der Waals surface area contributed by atoms with Gasteiger partial charge in [0.25, 0.3) is 0 Å². The van der Waals surface area contributed by atoms with Crippen molar-refractivity contribution in [1.82, 2.24) is 4.98 Å². The molecule has 1 radical (unpaired) electrons. The maximum Gasteiger partial charge on any atom is 0.194 e. The minimum atomic E-state index is 0.512. The van der Waals surface area contributed by atoms with Gasteiger partial charge in [-0.25, -0.2) is 4.98 Å². The molecule has 0 N–H and O–H groups in total. The molecule has 0 aliphatic heterocycles. The molecule has 0 unspecified atom stereocenters. The Balaban J connectivity index is 2.61. The molecule has 0 aliphatic carbocycles. The summed E-state index contributed by atoms with van der Waals surface area (Å²) in [5.74, 6) is 0.512. The number of aromatic nitrogens is 1. The summed E-state index contributed by atoms with van der Waals surface area (Å²) < 4.78 is 4.89. The van der Waals surface area contributed by atoms with Crippen molar-refractivity contribution in [3.63, 3.8) is 0 Å². The number of rotatable bonds is 2. The molecule has 0 aliphatic rings. The first-order valence-electron chi connectivity index (χ1n) is 3.09. The van der Waals surface area contributed by atoms with E-state index in [1.807, 2.05) is 0 Å². The second-order valence-corrected chi connectivity index (χ2v) is 1.98. The monoisotopic (exact) mass is 124 g/mol. The highest BCUT2D eigenvalue weighted by molar-refractivity contribution is 4.97. The quantitative estimate of drug-likeness (QED) is 0.601. The summed E-state index contributed by atoms with van der Waals surface area (Å²) in [4.78, 5) is 4.02. The molecule has 0 amide bonds. The Bertz CT molecular complexity index is 181. The molecule has 0 spiro atoms. The van der Waals surface area contributed by atoms with Crippen LogP contribution >= 0.6 is 0 Å². The predicted octanol–water partition coefficient (Wildman–Crippen LogP) is 1.81. The van der Waals surface area contributed by atoms with Crippen molar-refractivity contribution < 1.29 is 4.42 Å². The zero-order chi connectivity index (χ0) is 6.69. The molecule has 0 aromatic carbocycles. The Labute approximate surface area is 54.9 Å². The van der Waals surface area contributed by atoms with Crippen LogP contribution in [0.3, 0.4) is 0 Å². The van der Waals surface area contributed by atoms with Crippen LogP contribution in [0, 0.1) is 6.92 Å². The van der Waals surface area contributed by atoms with Gasteiger partial charge in [0.1, 0.15) is 6.26 Å². The number of nitrogens with zero attached hydrogens (tertiary/aromatic N) is 1. The van der Waals surface area contributed by atoms with Crippen molar-refractivity contribution in [3.8, 4) is 0 Å². The topological polar surface area (TPSA) is 26.0 Å². The van der Waals surface area contributed by atoms with E-state index < -0.39 is 0 Å². The summed E-state index contributed by atoms with van der Waals surface area (Å²) in [6.45, 7) is 5.65. The van der Waals surface area contributed by atoms with Gasteiger partial charge in [-0.1, -0.05) is 13.3 Å². The van der Waals surface area contributed by atoms with Crippen molar-refractivity contribution >= 4 is 0 Å². The molecule has 2 nitrogen and oxygen atoms in total. The maximum atomic E-state index is 4.89. The van der Waals surface area contributed by atoms with E-state index in [-0.39, 0.29) is 0 Å². The van der Waals surface area contributed by atoms with Gasteiger partial charge in [-0.2, -0.15) is 0 Å². The summed E-state index contributed by atoms with van der Waals surface area (Å²) in [7, 11) is 0. The van der Waals surface area contributed by atoms with Gasteiger partial charge < -0.3 is 4.42 Å². The molecule has 0 saturated heterocycles. The minimum absolute atomic E-state index is 0.512. The first-order valence-corrected chi connectivity index (χ1v) is 3.09. The van der Waals surface area contributed by atoms with Gasteiger partial charge >= 0.3 is 0 Å². The average Bonchev–Trinajstić information content (AvgIpc) is 2.17. The van der Waals surface area contributed by atoms with E-state index in [0.29, 0.717) is 5.89 Å². The molecule has 9 heavy (non-hydrogen) atoms. The smallest absolute Gasteiger partial charge is 0.194 e. The summed E-state index contributed by atoms with van der Waals surface area (Å²) in [5.41, 5.74) is 1.00. The standard InChI is InChI=1S/C7H10NO/c1-3-4-7-5-9-6(2)8-7/h5H,2-4H2,1H3. The minimum Gasteiger partial charge on any atom is -0.449 e. The summed E-state index contributed by atoms with van der Waals surface area (Å²) in [6, 6.07) is 0. The summed E-state index contributed by atoms with van der Waals surface area (Å²) >= 11 is 0. The molecular formula is C7H10NO. The third-order valence-corrected chi connectivity index (χ3v) is 1.11. The summed E-state index contributed by atoms with van der Waals surface area (Å²) in [5, 5.41) is 0. The molecule has 49 valence electrons. The van der Waals surface area contributed by atoms with Gasteiger partial charge in [-0.3, -0.25) is 0 Å². The Morgan fingerprint density at radius 1 is 1.78 bits per heavy atom. The van der Waals surface area contributed by atoms with Crippen LogP contribution in [0.15, 0.2) is 10.7 Å². The number of oxazole rings is 1. The third-order valence-electron chi connectivity index (χ3n) is 1.11. The van der Waals surface area contributed by atoms with Gasteiger partial charge in [0.2, 0.25) is 0 Å². The van der Waals surface area contributed by atoms with E-state index in [4.69, 9.17) is 4.42 Å². The lowest BCUT2D eigenvalue weighted by atomic mass is 10.3. The van der Waals surface area contributed by atoms with E-state index >= 15 is 0 Å². The van der Waals surface area contributed by atoms with Crippen LogP contribution in [0.2, 0.25) is 0 Å². The van der Waals surface area contributed by atoms with Crippen molar-refractivity contribution in [2.45, 2.75) is 19.8 Å². The zero-order valence-corrected chi connectivity index (χ0v) is 5.55. The van der Waals surface area contributed by atoms with Crippen LogP contribution in [0.4, 0.5) is 0 Å². The SMILES string of the molecule is [CH2]c1nc(CCC)co1. The van der Waals surface area contributed by atoms with Crippen molar-refractivity contribution in [1.29, 1.82) is 0 Å². The molecule has 0 atom stereocenters. The lowest BCUT2D eigenvalue weighted by molar-refractivity contribution is 0.536. The van der Waals surface area contributed by atoms with Crippen LogP contribution in [0.5, 0.6) is 0 Å². The van der Waals surface area contributed by atoms with Crippen LogP contribution in [-0.2, 0) is 6.42 Å². The molecule has 1 aromatic rings. The second-order valence-electron chi connectivity index (χ2n) is 1.98. The Hall–Kier alpha value is -0.790.